The summed E-state index contributed by atoms with van der Waals surface area (Å²) in [7, 11) is 0. The van der Waals surface area contributed by atoms with E-state index in [1.165, 1.54) is 6.07 Å². The van der Waals surface area contributed by atoms with Crippen LogP contribution in [0.15, 0.2) is 24.3 Å². The molecule has 0 aliphatic carbocycles. The normalized spacial score (nSPS) is 21.6. The first-order valence-electron chi connectivity index (χ1n) is 8.93. The summed E-state index contributed by atoms with van der Waals surface area (Å²) in [6.45, 7) is 5.33. The molecule has 9 heteroatoms. The molecule has 2 saturated heterocycles. The summed E-state index contributed by atoms with van der Waals surface area (Å²) < 4.78 is 44.4. The van der Waals surface area contributed by atoms with Crippen molar-refractivity contribution in [3.63, 3.8) is 0 Å². The molecule has 2 fully saturated rings. The standard InChI is InChI=1S/C18H24F3N3O2.ClH/c19-18(20,21)15-3-1-2-14(12-15)16-13-23(10-11-26-16)7-4-17(25)24-8-5-22-6-9-24;/h1-3,12,16,22H,4-11,13H2;1H. The first-order chi connectivity index (χ1) is 12.4. The van der Waals surface area contributed by atoms with Crippen molar-refractivity contribution >= 4 is 18.3 Å². The summed E-state index contributed by atoms with van der Waals surface area (Å²) >= 11 is 0. The first-order valence-corrected chi connectivity index (χ1v) is 8.93. The minimum absolute atomic E-state index is 0. The molecule has 2 aliphatic heterocycles. The van der Waals surface area contributed by atoms with Gasteiger partial charge in [-0.1, -0.05) is 12.1 Å². The number of carbonyl (C=O) groups is 1. The number of carbonyl (C=O) groups excluding carboxylic acids is 1. The SMILES string of the molecule is Cl.O=C(CCN1CCOC(c2cccc(C(F)(F)F)c2)C1)N1CCNCC1. The van der Waals surface area contributed by atoms with Crippen molar-refractivity contribution in [3.8, 4) is 0 Å². The lowest BCUT2D eigenvalue weighted by Crippen LogP contribution is -2.47. The molecule has 2 aliphatic rings. The molecule has 0 saturated carbocycles. The number of benzene rings is 1. The highest BCUT2D eigenvalue weighted by Crippen LogP contribution is 2.32. The molecule has 0 spiro atoms. The maximum absolute atomic E-state index is 12.9. The monoisotopic (exact) mass is 407 g/mol. The van der Waals surface area contributed by atoms with E-state index in [1.807, 2.05) is 4.90 Å². The van der Waals surface area contributed by atoms with Crippen LogP contribution < -0.4 is 5.32 Å². The number of nitrogens with one attached hydrogen (secondary N) is 1. The highest BCUT2D eigenvalue weighted by Gasteiger charge is 2.32. The number of hydrogen-bond acceptors (Lipinski definition) is 4. The number of ether oxygens (including phenoxy) is 1. The third-order valence-electron chi connectivity index (χ3n) is 4.85. The average molecular weight is 408 g/mol. The molecule has 0 radical (unpaired) electrons. The van der Waals surface area contributed by atoms with E-state index in [2.05, 4.69) is 10.2 Å². The number of morpholine rings is 1. The van der Waals surface area contributed by atoms with Gasteiger partial charge < -0.3 is 15.0 Å². The van der Waals surface area contributed by atoms with Crippen molar-refractivity contribution in [2.24, 2.45) is 0 Å². The molecule has 5 nitrogen and oxygen atoms in total. The van der Waals surface area contributed by atoms with Crippen LogP contribution in [0.2, 0.25) is 0 Å². The largest absolute Gasteiger partial charge is 0.416 e. The lowest BCUT2D eigenvalue weighted by atomic mass is 10.0. The Morgan fingerprint density at radius 2 is 1.96 bits per heavy atom. The van der Waals surface area contributed by atoms with E-state index in [4.69, 9.17) is 4.74 Å². The minimum Gasteiger partial charge on any atom is -0.371 e. The molecule has 1 aromatic carbocycles. The first kappa shape index (κ1) is 21.9. The quantitative estimate of drug-likeness (QED) is 0.832. The molecule has 0 aromatic heterocycles. The fourth-order valence-electron chi connectivity index (χ4n) is 3.35. The van der Waals surface area contributed by atoms with Crippen molar-refractivity contribution < 1.29 is 22.7 Å². The van der Waals surface area contributed by atoms with Crippen LogP contribution in [-0.4, -0.2) is 68.1 Å². The summed E-state index contributed by atoms with van der Waals surface area (Å²) in [6.07, 6.45) is -4.34. The minimum atomic E-state index is -4.36. The van der Waals surface area contributed by atoms with E-state index in [0.29, 0.717) is 38.2 Å². The van der Waals surface area contributed by atoms with E-state index >= 15 is 0 Å². The molecule has 1 unspecified atom stereocenters. The zero-order valence-electron chi connectivity index (χ0n) is 15.0. The number of piperazine rings is 1. The second-order valence-corrected chi connectivity index (χ2v) is 6.66. The Bertz CT molecular complexity index is 624. The van der Waals surface area contributed by atoms with Crippen molar-refractivity contribution in [3.05, 3.63) is 35.4 Å². The fourth-order valence-corrected chi connectivity index (χ4v) is 3.35. The Morgan fingerprint density at radius 3 is 2.67 bits per heavy atom. The molecule has 2 heterocycles. The van der Waals surface area contributed by atoms with Crippen molar-refractivity contribution in [1.82, 2.24) is 15.1 Å². The number of alkyl halides is 3. The van der Waals surface area contributed by atoms with Crippen molar-refractivity contribution in [2.75, 3.05) is 52.4 Å². The van der Waals surface area contributed by atoms with E-state index in [9.17, 15) is 18.0 Å². The van der Waals surface area contributed by atoms with Gasteiger partial charge in [-0.3, -0.25) is 9.69 Å². The molecule has 152 valence electrons. The third-order valence-corrected chi connectivity index (χ3v) is 4.85. The van der Waals surface area contributed by atoms with Gasteiger partial charge in [-0.25, -0.2) is 0 Å². The summed E-state index contributed by atoms with van der Waals surface area (Å²) in [6, 6.07) is 5.29. The summed E-state index contributed by atoms with van der Waals surface area (Å²) in [5, 5.41) is 3.21. The van der Waals surface area contributed by atoms with Gasteiger partial charge in [0.2, 0.25) is 5.91 Å². The van der Waals surface area contributed by atoms with E-state index < -0.39 is 17.8 Å². The molecule has 1 N–H and O–H groups in total. The lowest BCUT2D eigenvalue weighted by Gasteiger charge is -2.34. The predicted octanol–water partition coefficient (Wildman–Crippen LogP) is 2.32. The Kier molecular flexibility index (Phi) is 7.91. The van der Waals surface area contributed by atoms with Crippen LogP contribution in [0.4, 0.5) is 13.2 Å². The second-order valence-electron chi connectivity index (χ2n) is 6.66. The van der Waals surface area contributed by atoms with Gasteiger partial charge in [-0.15, -0.1) is 12.4 Å². The molecular weight excluding hydrogens is 383 g/mol. The van der Waals surface area contributed by atoms with E-state index in [0.717, 1.165) is 38.3 Å². The Morgan fingerprint density at radius 1 is 1.22 bits per heavy atom. The highest BCUT2D eigenvalue weighted by atomic mass is 35.5. The summed E-state index contributed by atoms with van der Waals surface area (Å²) in [4.78, 5) is 16.2. The summed E-state index contributed by atoms with van der Waals surface area (Å²) in [5.74, 6) is 0.133. The Balaban J connectivity index is 0.00000261. The van der Waals surface area contributed by atoms with E-state index in [-0.39, 0.29) is 18.3 Å². The Labute approximate surface area is 163 Å². The average Bonchev–Trinajstić information content (AvgIpc) is 2.66. The van der Waals surface area contributed by atoms with Crippen LogP contribution in [0.25, 0.3) is 0 Å². The fraction of sp³-hybridized carbons (Fsp3) is 0.611. The number of amides is 1. The second kappa shape index (κ2) is 9.73. The topological polar surface area (TPSA) is 44.8 Å². The van der Waals surface area contributed by atoms with Crippen LogP contribution in [-0.2, 0) is 15.7 Å². The number of halogens is 4. The zero-order chi connectivity index (χ0) is 18.6. The predicted molar refractivity (Wildman–Crippen MR) is 97.9 cm³/mol. The number of nitrogens with zero attached hydrogens (tertiary/aromatic N) is 2. The number of rotatable bonds is 4. The molecule has 1 atom stereocenters. The maximum Gasteiger partial charge on any atom is 0.416 e. The zero-order valence-corrected chi connectivity index (χ0v) is 15.8. The van der Waals surface area contributed by atoms with Crippen LogP contribution >= 0.6 is 12.4 Å². The smallest absolute Gasteiger partial charge is 0.371 e. The molecule has 1 aromatic rings. The maximum atomic E-state index is 12.9. The van der Waals surface area contributed by atoms with Gasteiger partial charge in [0.15, 0.2) is 0 Å². The third kappa shape index (κ3) is 6.07. The Hall–Kier alpha value is -1.35. The molecular formula is C18H25ClF3N3O2. The van der Waals surface area contributed by atoms with Crippen molar-refractivity contribution in [2.45, 2.75) is 18.7 Å². The van der Waals surface area contributed by atoms with Gasteiger partial charge in [0.1, 0.15) is 0 Å². The van der Waals surface area contributed by atoms with E-state index in [1.54, 1.807) is 6.07 Å². The number of hydrogen-bond donors (Lipinski definition) is 1. The van der Waals surface area contributed by atoms with Gasteiger partial charge in [-0.2, -0.15) is 13.2 Å². The van der Waals surface area contributed by atoms with Crippen LogP contribution in [0.1, 0.15) is 23.7 Å². The van der Waals surface area contributed by atoms with Crippen LogP contribution in [0.3, 0.4) is 0 Å². The molecule has 1 amide bonds. The van der Waals surface area contributed by atoms with Crippen molar-refractivity contribution in [1.29, 1.82) is 0 Å². The molecule has 27 heavy (non-hydrogen) atoms. The van der Waals surface area contributed by atoms with Gasteiger partial charge in [0.25, 0.3) is 0 Å². The highest BCUT2D eigenvalue weighted by molar-refractivity contribution is 5.85. The van der Waals surface area contributed by atoms with Crippen LogP contribution in [0.5, 0.6) is 0 Å². The lowest BCUT2D eigenvalue weighted by molar-refractivity contribution is -0.138. The van der Waals surface area contributed by atoms with Gasteiger partial charge in [0.05, 0.1) is 18.3 Å². The van der Waals surface area contributed by atoms with Gasteiger partial charge in [0, 0.05) is 52.2 Å². The molecule has 3 rings (SSSR count). The van der Waals surface area contributed by atoms with Gasteiger partial charge in [-0.05, 0) is 17.7 Å². The molecule has 0 bridgehead atoms. The van der Waals surface area contributed by atoms with Crippen LogP contribution in [0, 0.1) is 0 Å². The van der Waals surface area contributed by atoms with Gasteiger partial charge >= 0.3 is 6.18 Å². The summed E-state index contributed by atoms with van der Waals surface area (Å²) in [5.41, 5.74) is -0.137.